The molecule has 9 nitrogen and oxygen atoms in total. The standard InChI is InChI=1S/C15H15N5O4/c1-19-12-10(13(22)20(2)15(19)23)11(17-14(16)18-12)7-4-5-9(24-3)8(21)6-7/h4-6,21H,1-3H3,(H2,16,17,18). The molecule has 0 saturated heterocycles. The van der Waals surface area contributed by atoms with Crippen molar-refractivity contribution in [2.45, 2.75) is 0 Å². The van der Waals surface area contributed by atoms with Crippen LogP contribution in [0.15, 0.2) is 27.8 Å². The van der Waals surface area contributed by atoms with Crippen LogP contribution in [0.4, 0.5) is 0 Å². The summed E-state index contributed by atoms with van der Waals surface area (Å²) in [6.07, 6.45) is 0. The molecule has 0 spiro atoms. The molecule has 24 heavy (non-hydrogen) atoms. The third-order valence-electron chi connectivity index (χ3n) is 3.81. The normalized spacial score (nSPS) is 11.0. The minimum atomic E-state index is -0.540. The van der Waals surface area contributed by atoms with Crippen LogP contribution in [0.1, 0.15) is 0 Å². The summed E-state index contributed by atoms with van der Waals surface area (Å²) in [7, 11) is 4.29. The van der Waals surface area contributed by atoms with Crippen LogP contribution in [-0.4, -0.2) is 31.3 Å². The maximum atomic E-state index is 12.6. The number of aromatic nitrogens is 4. The monoisotopic (exact) mass is 329 g/mol. The number of aromatic amines is 1. The molecule has 0 fully saturated rings. The van der Waals surface area contributed by atoms with Crippen molar-refractivity contribution in [1.29, 1.82) is 5.41 Å². The Morgan fingerprint density at radius 3 is 2.58 bits per heavy atom. The van der Waals surface area contributed by atoms with Gasteiger partial charge in [0.1, 0.15) is 11.0 Å². The van der Waals surface area contributed by atoms with Crippen LogP contribution in [0.2, 0.25) is 0 Å². The molecule has 0 amide bonds. The predicted octanol–water partition coefficient (Wildman–Crippen LogP) is -0.179. The number of methoxy groups -OCH3 is 1. The second-order valence-electron chi connectivity index (χ2n) is 5.25. The smallest absolute Gasteiger partial charge is 0.332 e. The number of fused-ring (bicyclic) bond motifs is 1. The average Bonchev–Trinajstić information content (AvgIpc) is 2.57. The SMILES string of the molecule is COc1ccc(-c2nc(=N)[nH]c3c2c(=O)n(C)c(=O)n3C)cc1O. The number of hydrogen-bond donors (Lipinski definition) is 3. The van der Waals surface area contributed by atoms with Gasteiger partial charge in [0.25, 0.3) is 5.56 Å². The van der Waals surface area contributed by atoms with E-state index >= 15 is 0 Å². The molecule has 0 bridgehead atoms. The van der Waals surface area contributed by atoms with E-state index in [4.69, 9.17) is 10.1 Å². The van der Waals surface area contributed by atoms with Crippen molar-refractivity contribution in [3.8, 4) is 22.8 Å². The summed E-state index contributed by atoms with van der Waals surface area (Å²) in [6, 6.07) is 4.54. The molecule has 2 heterocycles. The van der Waals surface area contributed by atoms with Gasteiger partial charge in [0.05, 0.1) is 12.8 Å². The summed E-state index contributed by atoms with van der Waals surface area (Å²) in [5.74, 6) is 0.155. The van der Waals surface area contributed by atoms with Crippen LogP contribution in [0.3, 0.4) is 0 Å². The predicted molar refractivity (Wildman–Crippen MR) is 86.1 cm³/mol. The first-order valence-corrected chi connectivity index (χ1v) is 6.97. The second kappa shape index (κ2) is 5.37. The van der Waals surface area contributed by atoms with Crippen LogP contribution in [0.25, 0.3) is 22.3 Å². The lowest BCUT2D eigenvalue weighted by atomic mass is 10.1. The first kappa shape index (κ1) is 15.5. The molecule has 0 unspecified atom stereocenters. The number of H-pyrrole nitrogens is 1. The molecule has 3 N–H and O–H groups in total. The molecule has 0 radical (unpaired) electrons. The summed E-state index contributed by atoms with van der Waals surface area (Å²) >= 11 is 0. The fourth-order valence-electron chi connectivity index (χ4n) is 2.56. The van der Waals surface area contributed by atoms with Crippen molar-refractivity contribution in [3.63, 3.8) is 0 Å². The Kier molecular flexibility index (Phi) is 3.48. The van der Waals surface area contributed by atoms with Crippen LogP contribution >= 0.6 is 0 Å². The van der Waals surface area contributed by atoms with E-state index < -0.39 is 11.2 Å². The van der Waals surface area contributed by atoms with Crippen LogP contribution in [-0.2, 0) is 14.1 Å². The van der Waals surface area contributed by atoms with Crippen LogP contribution in [0.5, 0.6) is 11.5 Å². The summed E-state index contributed by atoms with van der Waals surface area (Å²) in [5.41, 5.74) is -0.455. The van der Waals surface area contributed by atoms with E-state index in [-0.39, 0.29) is 33.8 Å². The summed E-state index contributed by atoms with van der Waals surface area (Å²) in [5, 5.41) is 17.9. The molecule has 3 rings (SSSR count). The molecule has 0 aliphatic rings. The van der Waals surface area contributed by atoms with Gasteiger partial charge in [-0.2, -0.15) is 0 Å². The van der Waals surface area contributed by atoms with Crippen molar-refractivity contribution < 1.29 is 9.84 Å². The third-order valence-corrected chi connectivity index (χ3v) is 3.81. The average molecular weight is 329 g/mol. The highest BCUT2D eigenvalue weighted by molar-refractivity contribution is 5.89. The minimum Gasteiger partial charge on any atom is -0.504 e. The maximum absolute atomic E-state index is 12.6. The number of aromatic hydroxyl groups is 1. The number of phenols is 1. The second-order valence-corrected chi connectivity index (χ2v) is 5.25. The van der Waals surface area contributed by atoms with E-state index in [1.807, 2.05) is 0 Å². The van der Waals surface area contributed by atoms with E-state index in [0.717, 1.165) is 4.57 Å². The number of benzene rings is 1. The van der Waals surface area contributed by atoms with Crippen molar-refractivity contribution in [2.24, 2.45) is 14.1 Å². The van der Waals surface area contributed by atoms with Gasteiger partial charge in [0.15, 0.2) is 11.5 Å². The molecule has 0 aliphatic carbocycles. The van der Waals surface area contributed by atoms with Gasteiger partial charge < -0.3 is 14.8 Å². The summed E-state index contributed by atoms with van der Waals surface area (Å²) in [6.45, 7) is 0. The Morgan fingerprint density at radius 2 is 1.96 bits per heavy atom. The fraction of sp³-hybridized carbons (Fsp3) is 0.200. The number of hydrogen-bond acceptors (Lipinski definition) is 6. The largest absolute Gasteiger partial charge is 0.504 e. The lowest BCUT2D eigenvalue weighted by Crippen LogP contribution is -2.38. The fourth-order valence-corrected chi connectivity index (χ4v) is 2.56. The zero-order valence-corrected chi connectivity index (χ0v) is 13.2. The Morgan fingerprint density at radius 1 is 1.25 bits per heavy atom. The van der Waals surface area contributed by atoms with E-state index in [2.05, 4.69) is 9.97 Å². The van der Waals surface area contributed by atoms with E-state index in [0.29, 0.717) is 5.56 Å². The zero-order valence-electron chi connectivity index (χ0n) is 13.2. The number of nitrogens with one attached hydrogen (secondary N) is 2. The molecule has 0 aliphatic heterocycles. The Labute approximate surface area is 134 Å². The van der Waals surface area contributed by atoms with Crippen molar-refractivity contribution in [3.05, 3.63) is 44.7 Å². The topological polar surface area (TPSA) is 126 Å². The first-order chi connectivity index (χ1) is 11.3. The van der Waals surface area contributed by atoms with Crippen molar-refractivity contribution in [1.82, 2.24) is 19.1 Å². The van der Waals surface area contributed by atoms with Crippen molar-refractivity contribution >= 4 is 11.0 Å². The van der Waals surface area contributed by atoms with Crippen molar-refractivity contribution in [2.75, 3.05) is 7.11 Å². The Balaban J connectivity index is 2.50. The molecule has 3 aromatic rings. The molecule has 9 heteroatoms. The van der Waals surface area contributed by atoms with E-state index in [9.17, 15) is 14.7 Å². The molecule has 0 atom stereocenters. The lowest BCUT2D eigenvalue weighted by Gasteiger charge is -2.11. The molecular weight excluding hydrogens is 314 g/mol. The van der Waals surface area contributed by atoms with Crippen LogP contribution < -0.4 is 21.6 Å². The first-order valence-electron chi connectivity index (χ1n) is 6.97. The Bertz CT molecular complexity index is 1140. The highest BCUT2D eigenvalue weighted by Gasteiger charge is 2.17. The molecule has 124 valence electrons. The number of nitrogens with zero attached hydrogens (tertiary/aromatic N) is 3. The zero-order chi connectivity index (χ0) is 17.6. The number of rotatable bonds is 2. The van der Waals surface area contributed by atoms with Gasteiger partial charge >= 0.3 is 5.69 Å². The van der Waals surface area contributed by atoms with Crippen LogP contribution in [0, 0.1) is 5.41 Å². The quantitative estimate of drug-likeness (QED) is 0.601. The highest BCUT2D eigenvalue weighted by Crippen LogP contribution is 2.31. The van der Waals surface area contributed by atoms with Gasteiger partial charge in [0.2, 0.25) is 5.62 Å². The van der Waals surface area contributed by atoms with Gasteiger partial charge in [-0.25, -0.2) is 9.78 Å². The lowest BCUT2D eigenvalue weighted by molar-refractivity contribution is 0.373. The number of aryl methyl sites for hydroxylation is 1. The maximum Gasteiger partial charge on any atom is 0.332 e. The molecule has 1 aromatic carbocycles. The number of phenolic OH excluding ortho intramolecular Hbond substituents is 1. The van der Waals surface area contributed by atoms with Gasteiger partial charge in [0, 0.05) is 19.7 Å². The molecule has 2 aromatic heterocycles. The van der Waals surface area contributed by atoms with Gasteiger partial charge in [-0.05, 0) is 18.2 Å². The summed E-state index contributed by atoms with van der Waals surface area (Å²) < 4.78 is 7.21. The van der Waals surface area contributed by atoms with Gasteiger partial charge in [-0.3, -0.25) is 19.3 Å². The van der Waals surface area contributed by atoms with E-state index in [1.54, 1.807) is 6.07 Å². The van der Waals surface area contributed by atoms with Gasteiger partial charge in [-0.15, -0.1) is 0 Å². The van der Waals surface area contributed by atoms with E-state index in [1.165, 1.54) is 37.9 Å². The number of ether oxygens (including phenoxy) is 1. The minimum absolute atomic E-state index is 0.119. The van der Waals surface area contributed by atoms with Gasteiger partial charge in [-0.1, -0.05) is 0 Å². The Hall–Kier alpha value is -3.36. The third kappa shape index (κ3) is 2.18. The highest BCUT2D eigenvalue weighted by atomic mass is 16.5. The molecular formula is C15H15N5O4. The summed E-state index contributed by atoms with van der Waals surface area (Å²) in [4.78, 5) is 31.3. The molecule has 0 saturated carbocycles.